The van der Waals surface area contributed by atoms with Crippen molar-refractivity contribution in [3.05, 3.63) is 25.3 Å². The zero-order valence-corrected chi connectivity index (χ0v) is 11.1. The molecule has 11 heteroatoms. The van der Waals surface area contributed by atoms with E-state index >= 15 is 0 Å². The molecule has 2 rings (SSSR count). The maximum atomic E-state index is 5.55. The van der Waals surface area contributed by atoms with Crippen molar-refractivity contribution in [3.63, 3.8) is 0 Å². The summed E-state index contributed by atoms with van der Waals surface area (Å²) >= 11 is 5.55. The molecule has 0 aromatic carbocycles. The van der Waals surface area contributed by atoms with Gasteiger partial charge in [-0.1, -0.05) is 0 Å². The van der Waals surface area contributed by atoms with Crippen molar-refractivity contribution in [1.82, 2.24) is 34.3 Å². The van der Waals surface area contributed by atoms with Gasteiger partial charge in [0.2, 0.25) is 0 Å². The molecule has 0 amide bonds. The summed E-state index contributed by atoms with van der Waals surface area (Å²) in [5.74, 6) is 0. The van der Waals surface area contributed by atoms with Gasteiger partial charge in [0.05, 0.1) is 0 Å². The lowest BCUT2D eigenvalue weighted by atomic mass is 10.9. The Morgan fingerprint density at radius 1 is 1.22 bits per heavy atom. The zero-order chi connectivity index (χ0) is 12.8. The van der Waals surface area contributed by atoms with Crippen LogP contribution in [0.2, 0.25) is 0 Å². The highest BCUT2D eigenvalue weighted by Crippen LogP contribution is 2.41. The van der Waals surface area contributed by atoms with Gasteiger partial charge >= 0.3 is 0 Å². The van der Waals surface area contributed by atoms with Crippen LogP contribution in [0.4, 0.5) is 0 Å². The predicted octanol–water partition coefficient (Wildman–Crippen LogP) is 0.114. The summed E-state index contributed by atoms with van der Waals surface area (Å²) in [7, 11) is 0. The van der Waals surface area contributed by atoms with Gasteiger partial charge in [-0.2, -0.15) is 24.2 Å². The fraction of sp³-hybridized carbons (Fsp3) is 0.143. The molecule has 0 aliphatic rings. The average molecular weight is 283 g/mol. The van der Waals surface area contributed by atoms with Crippen LogP contribution >= 0.6 is 6.49 Å². The van der Waals surface area contributed by atoms with Crippen LogP contribution in [-0.4, -0.2) is 41.6 Å². The maximum absolute atomic E-state index is 5.55. The van der Waals surface area contributed by atoms with E-state index in [0.717, 1.165) is 0 Å². The molecular weight excluding hydrogens is 273 g/mol. The summed E-state index contributed by atoms with van der Waals surface area (Å²) in [5.41, 5.74) is 0. The number of aromatic nitrogens is 6. The van der Waals surface area contributed by atoms with Crippen LogP contribution in [0.5, 0.6) is 0 Å². The molecule has 18 heavy (non-hydrogen) atoms. The fourth-order valence-corrected chi connectivity index (χ4v) is 3.06. The highest BCUT2D eigenvalue weighted by atomic mass is 32.4. The molecule has 1 N–H and O–H groups in total. The van der Waals surface area contributed by atoms with Crippen molar-refractivity contribution in [2.45, 2.75) is 6.92 Å². The minimum Gasteiger partial charge on any atom is -0.248 e. The van der Waals surface area contributed by atoms with Gasteiger partial charge in [0.25, 0.3) is 6.49 Å². The third-order valence-corrected chi connectivity index (χ3v) is 4.98. The van der Waals surface area contributed by atoms with Gasteiger partial charge in [0.15, 0.2) is 0 Å². The van der Waals surface area contributed by atoms with E-state index in [0.29, 0.717) is 0 Å². The molecule has 2 heterocycles. The number of aliphatic imine (C=N–C) groups is 1. The molecule has 0 aliphatic heterocycles. The molecule has 0 atom stereocenters. The minimum atomic E-state index is -2.57. The largest absolute Gasteiger partial charge is 0.274 e. The second kappa shape index (κ2) is 5.61. The SMILES string of the molecule is CC=N/C=N\NP(=S)(n1cncn1)n1cncn1. The van der Waals surface area contributed by atoms with Crippen molar-refractivity contribution in [2.24, 2.45) is 10.1 Å². The van der Waals surface area contributed by atoms with Gasteiger partial charge in [-0.05, 0) is 18.7 Å². The fourth-order valence-electron chi connectivity index (χ4n) is 1.07. The van der Waals surface area contributed by atoms with Gasteiger partial charge in [0, 0.05) is 6.21 Å². The standard InChI is InChI=1S/C7H10N9PS/c1-2-8-3-11-14-17(18,15-6-9-4-12-15)16-7-10-5-13-16/h2-7H,1H3,(H,14,18)/b8-2?,11-3-. The first-order valence-electron chi connectivity index (χ1n) is 4.85. The number of hydrogen-bond donors (Lipinski definition) is 1. The van der Waals surface area contributed by atoms with E-state index in [4.69, 9.17) is 11.8 Å². The van der Waals surface area contributed by atoms with E-state index in [1.165, 1.54) is 40.6 Å². The highest BCUT2D eigenvalue weighted by molar-refractivity contribution is 8.12. The van der Waals surface area contributed by atoms with Crippen molar-refractivity contribution in [1.29, 1.82) is 0 Å². The van der Waals surface area contributed by atoms with Crippen molar-refractivity contribution >= 4 is 30.8 Å². The lowest BCUT2D eigenvalue weighted by Gasteiger charge is -2.19. The summed E-state index contributed by atoms with van der Waals surface area (Å²) in [6.07, 6.45) is 8.78. The van der Waals surface area contributed by atoms with Crippen LogP contribution in [0, 0.1) is 0 Å². The minimum absolute atomic E-state index is 1.36. The van der Waals surface area contributed by atoms with Gasteiger partial charge in [-0.3, -0.25) is 0 Å². The normalized spacial score (nSPS) is 12.5. The van der Waals surface area contributed by atoms with Crippen LogP contribution in [0.25, 0.3) is 0 Å². The molecule has 0 aliphatic carbocycles. The van der Waals surface area contributed by atoms with Crippen LogP contribution in [-0.2, 0) is 11.8 Å². The van der Waals surface area contributed by atoms with Crippen molar-refractivity contribution in [2.75, 3.05) is 0 Å². The van der Waals surface area contributed by atoms with E-state index in [1.54, 1.807) is 13.1 Å². The van der Waals surface area contributed by atoms with Crippen molar-refractivity contribution < 1.29 is 0 Å². The maximum Gasteiger partial charge on any atom is 0.274 e. The molecule has 9 nitrogen and oxygen atoms in total. The Kier molecular flexibility index (Phi) is 3.90. The number of rotatable bonds is 5. The molecule has 0 bridgehead atoms. The molecule has 0 saturated heterocycles. The van der Waals surface area contributed by atoms with Crippen molar-refractivity contribution in [3.8, 4) is 0 Å². The Morgan fingerprint density at radius 3 is 2.28 bits per heavy atom. The lowest BCUT2D eigenvalue weighted by Crippen LogP contribution is -2.18. The molecule has 0 spiro atoms. The van der Waals surface area contributed by atoms with Gasteiger partial charge < -0.3 is 0 Å². The number of nitrogens with one attached hydrogen (secondary N) is 1. The summed E-state index contributed by atoms with van der Waals surface area (Å²) in [4.78, 5) is 11.6. The summed E-state index contributed by atoms with van der Waals surface area (Å²) in [6.45, 7) is -0.782. The summed E-state index contributed by atoms with van der Waals surface area (Å²) < 4.78 is 3.01. The molecule has 94 valence electrons. The Labute approximate surface area is 108 Å². The Balaban J connectivity index is 2.33. The predicted molar refractivity (Wildman–Crippen MR) is 70.9 cm³/mol. The van der Waals surface area contributed by atoms with E-state index in [2.05, 4.69) is 35.5 Å². The first kappa shape index (κ1) is 12.5. The Morgan fingerprint density at radius 2 is 1.83 bits per heavy atom. The molecular formula is C7H10N9PS. The van der Waals surface area contributed by atoms with E-state index in [1.807, 2.05) is 0 Å². The topological polar surface area (TPSA) is 98.2 Å². The Hall–Kier alpha value is -1.93. The smallest absolute Gasteiger partial charge is 0.248 e. The first-order chi connectivity index (χ1) is 8.77. The number of hydrogen-bond acceptors (Lipinski definition) is 6. The monoisotopic (exact) mass is 283 g/mol. The van der Waals surface area contributed by atoms with Gasteiger partial charge in [-0.15, -0.1) is 0 Å². The number of nitrogens with zero attached hydrogens (tertiary/aromatic N) is 8. The van der Waals surface area contributed by atoms with Crippen LogP contribution in [0.1, 0.15) is 6.92 Å². The third kappa shape index (κ3) is 2.49. The zero-order valence-electron chi connectivity index (χ0n) is 9.40. The second-order valence-corrected chi connectivity index (χ2v) is 6.56. The highest BCUT2D eigenvalue weighted by Gasteiger charge is 2.22. The van der Waals surface area contributed by atoms with E-state index in [9.17, 15) is 0 Å². The molecule has 0 unspecified atom stereocenters. The van der Waals surface area contributed by atoms with Crippen LogP contribution in [0.3, 0.4) is 0 Å². The first-order valence-corrected chi connectivity index (χ1v) is 7.56. The van der Waals surface area contributed by atoms with E-state index in [-0.39, 0.29) is 0 Å². The molecule has 0 radical (unpaired) electrons. The molecule has 0 fully saturated rings. The molecule has 0 saturated carbocycles. The quantitative estimate of drug-likeness (QED) is 0.362. The van der Waals surface area contributed by atoms with Crippen LogP contribution in [0.15, 0.2) is 35.4 Å². The van der Waals surface area contributed by atoms with Gasteiger partial charge in [0.1, 0.15) is 31.6 Å². The average Bonchev–Trinajstić information content (AvgIpc) is 3.05. The summed E-state index contributed by atoms with van der Waals surface area (Å²) in [6, 6.07) is 0. The Bertz CT molecular complexity index is 534. The van der Waals surface area contributed by atoms with Crippen LogP contribution < -0.4 is 5.20 Å². The lowest BCUT2D eigenvalue weighted by molar-refractivity contribution is 0.855. The van der Waals surface area contributed by atoms with E-state index < -0.39 is 6.49 Å². The number of hydrazone groups is 1. The molecule has 2 aromatic rings. The third-order valence-electron chi connectivity index (χ3n) is 1.83. The molecule has 2 aromatic heterocycles. The van der Waals surface area contributed by atoms with Gasteiger partial charge in [-0.25, -0.2) is 20.2 Å². The second-order valence-electron chi connectivity index (χ2n) is 2.93. The summed E-state index contributed by atoms with van der Waals surface area (Å²) in [5, 5.41) is 14.8.